The number of anilines is 1. The van der Waals surface area contributed by atoms with E-state index in [4.69, 9.17) is 22.1 Å². The van der Waals surface area contributed by atoms with Gasteiger partial charge in [-0.2, -0.15) is 0 Å². The Morgan fingerprint density at radius 2 is 2.18 bits per heavy atom. The molecule has 2 atom stereocenters. The van der Waals surface area contributed by atoms with Crippen LogP contribution in [0.5, 0.6) is 0 Å². The zero-order valence-corrected chi connectivity index (χ0v) is 14.1. The molecule has 1 fully saturated rings. The van der Waals surface area contributed by atoms with Crippen LogP contribution in [0.15, 0.2) is 18.2 Å². The largest absolute Gasteiger partial charge is 0.381 e. The molecule has 1 saturated heterocycles. The average Bonchev–Trinajstić information content (AvgIpc) is 2.50. The number of nitrogens with one attached hydrogen (secondary N) is 1. The molecule has 0 aromatic heterocycles. The van der Waals surface area contributed by atoms with Gasteiger partial charge in [0, 0.05) is 46.7 Å². The fraction of sp³-hybridized carbons (Fsp3) is 0.533. The van der Waals surface area contributed by atoms with Crippen LogP contribution in [0.4, 0.5) is 5.69 Å². The van der Waals surface area contributed by atoms with Crippen LogP contribution in [0.2, 0.25) is 5.02 Å². The molecule has 2 rings (SSSR count). The number of carbonyl (C=O) groups excluding carboxylic acids is 1. The van der Waals surface area contributed by atoms with E-state index < -0.39 is 16.8 Å². The first-order valence-corrected chi connectivity index (χ1v) is 9.30. The molecule has 0 aliphatic carbocycles. The van der Waals surface area contributed by atoms with E-state index in [9.17, 15) is 9.00 Å². The van der Waals surface area contributed by atoms with Gasteiger partial charge in [0.2, 0.25) is 5.91 Å². The Bertz CT molecular complexity index is 562. The predicted molar refractivity (Wildman–Crippen MR) is 89.4 cm³/mol. The Morgan fingerprint density at radius 3 is 2.82 bits per heavy atom. The van der Waals surface area contributed by atoms with Crippen molar-refractivity contribution in [1.29, 1.82) is 0 Å². The number of rotatable bonds is 5. The third-order valence-electron chi connectivity index (χ3n) is 3.75. The molecule has 1 aliphatic rings. The number of carbonyl (C=O) groups is 1. The van der Waals surface area contributed by atoms with E-state index in [2.05, 4.69) is 5.32 Å². The molecule has 22 heavy (non-hydrogen) atoms. The fourth-order valence-corrected chi connectivity index (χ4v) is 3.44. The van der Waals surface area contributed by atoms with Crippen LogP contribution in [-0.2, 0) is 26.1 Å². The predicted octanol–water partition coefficient (Wildman–Crippen LogP) is 1.91. The molecule has 2 unspecified atom stereocenters. The first-order chi connectivity index (χ1) is 10.5. The number of ether oxygens (including phenoxy) is 1. The van der Waals surface area contributed by atoms with Crippen molar-refractivity contribution >= 4 is 34.0 Å². The van der Waals surface area contributed by atoms with Crippen molar-refractivity contribution in [1.82, 2.24) is 0 Å². The van der Waals surface area contributed by atoms with E-state index in [0.29, 0.717) is 29.7 Å². The van der Waals surface area contributed by atoms with Gasteiger partial charge in [-0.15, -0.1) is 0 Å². The van der Waals surface area contributed by atoms with Gasteiger partial charge in [-0.3, -0.25) is 9.00 Å². The average molecular weight is 345 g/mol. The monoisotopic (exact) mass is 344 g/mol. The van der Waals surface area contributed by atoms with Gasteiger partial charge in [-0.1, -0.05) is 11.6 Å². The molecule has 1 amide bonds. The van der Waals surface area contributed by atoms with Gasteiger partial charge in [0.05, 0.1) is 6.04 Å². The Morgan fingerprint density at radius 1 is 1.50 bits per heavy atom. The van der Waals surface area contributed by atoms with Crippen LogP contribution in [0, 0.1) is 5.92 Å². The van der Waals surface area contributed by atoms with Crippen molar-refractivity contribution < 1.29 is 13.7 Å². The quantitative estimate of drug-likeness (QED) is 0.855. The van der Waals surface area contributed by atoms with Gasteiger partial charge in [0.1, 0.15) is 0 Å². The van der Waals surface area contributed by atoms with Crippen molar-refractivity contribution in [2.45, 2.75) is 24.6 Å². The zero-order valence-electron chi connectivity index (χ0n) is 12.5. The standard InChI is InChI=1S/C15H21ClN2O3S/c1-22(20)9-11-8-12(2-3-13(11)16)18-15(19)14(17)10-4-6-21-7-5-10/h2-3,8,10,14H,4-7,9,17H2,1H3,(H,18,19). The summed E-state index contributed by atoms with van der Waals surface area (Å²) in [5.41, 5.74) is 7.42. The highest BCUT2D eigenvalue weighted by molar-refractivity contribution is 7.83. The van der Waals surface area contributed by atoms with Crippen LogP contribution in [-0.4, -0.2) is 35.6 Å². The summed E-state index contributed by atoms with van der Waals surface area (Å²) in [6, 6.07) is 4.61. The van der Waals surface area contributed by atoms with E-state index in [1.165, 1.54) is 0 Å². The van der Waals surface area contributed by atoms with Crippen LogP contribution in [0.1, 0.15) is 18.4 Å². The molecule has 1 aliphatic heterocycles. The number of hydrogen-bond donors (Lipinski definition) is 2. The fourth-order valence-electron chi connectivity index (χ4n) is 2.50. The summed E-state index contributed by atoms with van der Waals surface area (Å²) in [6.45, 7) is 1.30. The van der Waals surface area contributed by atoms with E-state index in [-0.39, 0.29) is 11.8 Å². The zero-order chi connectivity index (χ0) is 16.1. The summed E-state index contributed by atoms with van der Waals surface area (Å²) in [6.07, 6.45) is 3.22. The van der Waals surface area contributed by atoms with Crippen LogP contribution in [0.25, 0.3) is 0 Å². The van der Waals surface area contributed by atoms with E-state index in [0.717, 1.165) is 18.4 Å². The van der Waals surface area contributed by atoms with Gasteiger partial charge < -0.3 is 15.8 Å². The Balaban J connectivity index is 2.02. The maximum atomic E-state index is 12.3. The molecule has 7 heteroatoms. The minimum absolute atomic E-state index is 0.142. The van der Waals surface area contributed by atoms with Gasteiger partial charge in [-0.05, 0) is 42.5 Å². The number of amides is 1. The molecule has 1 heterocycles. The number of hydrogen-bond acceptors (Lipinski definition) is 4. The van der Waals surface area contributed by atoms with Crippen molar-refractivity contribution in [3.8, 4) is 0 Å². The summed E-state index contributed by atoms with van der Waals surface area (Å²) in [5, 5.41) is 3.36. The normalized spacial score (nSPS) is 18.7. The Labute approximate surface area is 138 Å². The molecule has 1 aromatic carbocycles. The number of nitrogens with two attached hydrogens (primary N) is 1. The molecule has 122 valence electrons. The smallest absolute Gasteiger partial charge is 0.241 e. The summed E-state index contributed by atoms with van der Waals surface area (Å²) < 4.78 is 16.6. The second-order valence-electron chi connectivity index (χ2n) is 5.49. The van der Waals surface area contributed by atoms with Crippen LogP contribution >= 0.6 is 11.6 Å². The molecular weight excluding hydrogens is 324 g/mol. The maximum Gasteiger partial charge on any atom is 0.241 e. The lowest BCUT2D eigenvalue weighted by atomic mass is 9.92. The second kappa shape index (κ2) is 8.06. The van der Waals surface area contributed by atoms with Gasteiger partial charge in [-0.25, -0.2) is 0 Å². The Kier molecular flexibility index (Phi) is 6.37. The lowest BCUT2D eigenvalue weighted by Crippen LogP contribution is -2.44. The summed E-state index contributed by atoms with van der Waals surface area (Å²) >= 11 is 6.08. The lowest BCUT2D eigenvalue weighted by molar-refractivity contribution is -0.119. The van der Waals surface area contributed by atoms with Crippen LogP contribution in [0.3, 0.4) is 0 Å². The van der Waals surface area contributed by atoms with Crippen molar-refractivity contribution in [3.05, 3.63) is 28.8 Å². The summed E-state index contributed by atoms with van der Waals surface area (Å²) in [4.78, 5) is 12.3. The van der Waals surface area contributed by atoms with Crippen molar-refractivity contribution in [2.75, 3.05) is 24.8 Å². The maximum absolute atomic E-state index is 12.3. The Hall–Kier alpha value is -0.950. The molecule has 1 aromatic rings. The highest BCUT2D eigenvalue weighted by Gasteiger charge is 2.26. The first-order valence-electron chi connectivity index (χ1n) is 7.20. The highest BCUT2D eigenvalue weighted by Crippen LogP contribution is 2.23. The SMILES string of the molecule is CS(=O)Cc1cc(NC(=O)C(N)C2CCOCC2)ccc1Cl. The second-order valence-corrected chi connectivity index (χ2v) is 7.33. The lowest BCUT2D eigenvalue weighted by Gasteiger charge is -2.26. The summed E-state index contributed by atoms with van der Waals surface area (Å²) in [7, 11) is -0.996. The summed E-state index contributed by atoms with van der Waals surface area (Å²) in [5.74, 6) is 0.288. The topological polar surface area (TPSA) is 81.4 Å². The highest BCUT2D eigenvalue weighted by atomic mass is 35.5. The van der Waals surface area contributed by atoms with Crippen molar-refractivity contribution in [3.63, 3.8) is 0 Å². The minimum atomic E-state index is -0.996. The minimum Gasteiger partial charge on any atom is -0.381 e. The number of benzene rings is 1. The molecule has 0 spiro atoms. The van der Waals surface area contributed by atoms with E-state index in [1.807, 2.05) is 0 Å². The van der Waals surface area contributed by atoms with Crippen molar-refractivity contribution in [2.24, 2.45) is 11.7 Å². The van der Waals surface area contributed by atoms with Gasteiger partial charge in [0.15, 0.2) is 0 Å². The van der Waals surface area contributed by atoms with E-state index in [1.54, 1.807) is 24.5 Å². The molecule has 3 N–H and O–H groups in total. The van der Waals surface area contributed by atoms with Gasteiger partial charge in [0.25, 0.3) is 0 Å². The first kappa shape index (κ1) is 17.4. The van der Waals surface area contributed by atoms with Crippen LogP contribution < -0.4 is 11.1 Å². The molecule has 0 radical (unpaired) electrons. The van der Waals surface area contributed by atoms with Gasteiger partial charge >= 0.3 is 0 Å². The third kappa shape index (κ3) is 4.78. The number of halogens is 1. The third-order valence-corrected chi connectivity index (χ3v) is 4.83. The molecule has 0 bridgehead atoms. The molecular formula is C15H21ClN2O3S. The molecule has 5 nitrogen and oxygen atoms in total. The molecule has 0 saturated carbocycles. The van der Waals surface area contributed by atoms with E-state index >= 15 is 0 Å².